The number of amides is 1. The van der Waals surface area contributed by atoms with Crippen molar-refractivity contribution in [3.63, 3.8) is 0 Å². The minimum absolute atomic E-state index is 0.115. The zero-order valence-corrected chi connectivity index (χ0v) is 13.0. The maximum atomic E-state index is 12.4. The minimum Gasteiger partial charge on any atom is -0.466 e. The molecule has 1 aliphatic rings. The fourth-order valence-electron chi connectivity index (χ4n) is 2.94. The number of rotatable bonds is 4. The van der Waals surface area contributed by atoms with E-state index in [1.165, 1.54) is 0 Å². The van der Waals surface area contributed by atoms with Gasteiger partial charge in [-0.2, -0.15) is 0 Å². The molecule has 20 heavy (non-hydrogen) atoms. The molecule has 0 aromatic carbocycles. The van der Waals surface area contributed by atoms with E-state index < -0.39 is 0 Å². The van der Waals surface area contributed by atoms with E-state index in [1.54, 1.807) is 0 Å². The first-order chi connectivity index (χ1) is 9.51. The zero-order chi connectivity index (χ0) is 14.7. The summed E-state index contributed by atoms with van der Waals surface area (Å²) in [5, 5.41) is 3.19. The van der Waals surface area contributed by atoms with Crippen LogP contribution < -0.4 is 5.32 Å². The van der Waals surface area contributed by atoms with Crippen molar-refractivity contribution in [1.82, 2.24) is 10.2 Å². The topological polar surface area (TPSA) is 45.5 Å². The third kappa shape index (κ3) is 3.42. The lowest BCUT2D eigenvalue weighted by atomic mass is 9.98. The molecule has 1 N–H and O–H groups in total. The number of furan rings is 1. The molecule has 4 heteroatoms. The van der Waals surface area contributed by atoms with Crippen LogP contribution in [0.15, 0.2) is 10.5 Å². The van der Waals surface area contributed by atoms with Crippen LogP contribution in [0.4, 0.5) is 0 Å². The summed E-state index contributed by atoms with van der Waals surface area (Å²) in [5.74, 6) is 1.69. The Morgan fingerprint density at radius 3 is 2.60 bits per heavy atom. The van der Waals surface area contributed by atoms with E-state index >= 15 is 0 Å². The van der Waals surface area contributed by atoms with Gasteiger partial charge in [-0.05, 0) is 46.2 Å². The number of nitrogens with zero attached hydrogens (tertiary/aromatic N) is 1. The van der Waals surface area contributed by atoms with E-state index in [2.05, 4.69) is 17.1 Å². The van der Waals surface area contributed by atoms with Gasteiger partial charge >= 0.3 is 0 Å². The zero-order valence-electron chi connectivity index (χ0n) is 13.0. The van der Waals surface area contributed by atoms with E-state index in [-0.39, 0.29) is 11.8 Å². The van der Waals surface area contributed by atoms with Gasteiger partial charge in [0, 0.05) is 24.7 Å². The lowest BCUT2D eigenvalue weighted by Crippen LogP contribution is -2.45. The maximum Gasteiger partial charge on any atom is 0.227 e. The third-order valence-corrected chi connectivity index (χ3v) is 4.32. The number of nitrogens with one attached hydrogen (secondary N) is 1. The van der Waals surface area contributed by atoms with E-state index in [4.69, 9.17) is 4.42 Å². The SMILES string of the molecule is CCN1CCC(NC(=O)[C@H](C)c2cc(C)oc2C)CC1. The second-order valence-electron chi connectivity index (χ2n) is 5.81. The Balaban J connectivity index is 1.90. The van der Waals surface area contributed by atoms with Crippen LogP contribution in [-0.4, -0.2) is 36.5 Å². The highest BCUT2D eigenvalue weighted by atomic mass is 16.3. The van der Waals surface area contributed by atoms with Gasteiger partial charge in [0.05, 0.1) is 5.92 Å². The third-order valence-electron chi connectivity index (χ3n) is 4.32. The number of piperidine rings is 1. The molecule has 1 aromatic heterocycles. The van der Waals surface area contributed by atoms with Gasteiger partial charge in [0.15, 0.2) is 0 Å². The summed E-state index contributed by atoms with van der Waals surface area (Å²) >= 11 is 0. The Morgan fingerprint density at radius 1 is 1.45 bits per heavy atom. The first-order valence-electron chi connectivity index (χ1n) is 7.61. The minimum atomic E-state index is -0.142. The lowest BCUT2D eigenvalue weighted by Gasteiger charge is -2.32. The maximum absolute atomic E-state index is 12.4. The van der Waals surface area contributed by atoms with Crippen LogP contribution in [0.2, 0.25) is 0 Å². The molecule has 0 spiro atoms. The molecule has 2 heterocycles. The molecule has 2 rings (SSSR count). The van der Waals surface area contributed by atoms with Crippen molar-refractivity contribution in [3.05, 3.63) is 23.2 Å². The molecular weight excluding hydrogens is 252 g/mol. The molecule has 1 saturated heterocycles. The van der Waals surface area contributed by atoms with Crippen LogP contribution in [0.3, 0.4) is 0 Å². The van der Waals surface area contributed by atoms with Crippen molar-refractivity contribution < 1.29 is 9.21 Å². The Labute approximate surface area is 121 Å². The number of carbonyl (C=O) groups excluding carboxylic acids is 1. The average Bonchev–Trinajstić information content (AvgIpc) is 2.77. The van der Waals surface area contributed by atoms with Crippen LogP contribution in [0.25, 0.3) is 0 Å². The average molecular weight is 278 g/mol. The second-order valence-corrected chi connectivity index (χ2v) is 5.81. The molecular formula is C16H26N2O2. The fraction of sp³-hybridized carbons (Fsp3) is 0.688. The van der Waals surface area contributed by atoms with Crippen molar-refractivity contribution in [2.45, 2.75) is 52.5 Å². The van der Waals surface area contributed by atoms with Crippen molar-refractivity contribution in [2.75, 3.05) is 19.6 Å². The standard InChI is InChI=1S/C16H26N2O2/c1-5-18-8-6-14(7-9-18)17-16(19)12(3)15-10-11(2)20-13(15)4/h10,12,14H,5-9H2,1-4H3,(H,17,19)/t12-/m1/s1. The highest BCUT2D eigenvalue weighted by Gasteiger charge is 2.24. The van der Waals surface area contributed by atoms with Gasteiger partial charge in [0.1, 0.15) is 11.5 Å². The summed E-state index contributed by atoms with van der Waals surface area (Å²) in [6.07, 6.45) is 2.10. The monoisotopic (exact) mass is 278 g/mol. The number of hydrogen-bond acceptors (Lipinski definition) is 3. The number of carbonyl (C=O) groups is 1. The van der Waals surface area contributed by atoms with Gasteiger partial charge in [0.2, 0.25) is 5.91 Å². The van der Waals surface area contributed by atoms with Crippen molar-refractivity contribution in [3.8, 4) is 0 Å². The van der Waals surface area contributed by atoms with E-state index in [0.717, 1.165) is 49.6 Å². The molecule has 0 radical (unpaired) electrons. The molecule has 1 aromatic rings. The Bertz CT molecular complexity index is 459. The fourth-order valence-corrected chi connectivity index (χ4v) is 2.94. The van der Waals surface area contributed by atoms with E-state index in [9.17, 15) is 4.79 Å². The summed E-state index contributed by atoms with van der Waals surface area (Å²) in [4.78, 5) is 14.8. The number of hydrogen-bond donors (Lipinski definition) is 1. The van der Waals surface area contributed by atoms with E-state index in [0.29, 0.717) is 6.04 Å². The predicted octanol–water partition coefficient (Wildman–Crippen LogP) is 2.60. The summed E-state index contributed by atoms with van der Waals surface area (Å²) in [7, 11) is 0. The van der Waals surface area contributed by atoms with Crippen molar-refractivity contribution >= 4 is 5.91 Å². The Hall–Kier alpha value is -1.29. The highest BCUT2D eigenvalue weighted by Crippen LogP contribution is 2.23. The molecule has 0 aliphatic carbocycles. The van der Waals surface area contributed by atoms with Gasteiger partial charge in [-0.25, -0.2) is 0 Å². The van der Waals surface area contributed by atoms with Crippen molar-refractivity contribution in [2.24, 2.45) is 0 Å². The second kappa shape index (κ2) is 6.44. The Morgan fingerprint density at radius 2 is 2.10 bits per heavy atom. The van der Waals surface area contributed by atoms with Gasteiger partial charge < -0.3 is 14.6 Å². The van der Waals surface area contributed by atoms with E-state index in [1.807, 2.05) is 26.8 Å². The molecule has 4 nitrogen and oxygen atoms in total. The van der Waals surface area contributed by atoms with Crippen LogP contribution in [0.5, 0.6) is 0 Å². The van der Waals surface area contributed by atoms with Gasteiger partial charge in [-0.15, -0.1) is 0 Å². The molecule has 1 atom stereocenters. The quantitative estimate of drug-likeness (QED) is 0.921. The molecule has 0 unspecified atom stereocenters. The van der Waals surface area contributed by atoms with Gasteiger partial charge in [-0.3, -0.25) is 4.79 Å². The van der Waals surface area contributed by atoms with Crippen LogP contribution in [0, 0.1) is 13.8 Å². The molecule has 0 saturated carbocycles. The largest absolute Gasteiger partial charge is 0.466 e. The summed E-state index contributed by atoms with van der Waals surface area (Å²) in [5.41, 5.74) is 1.01. The smallest absolute Gasteiger partial charge is 0.227 e. The first-order valence-corrected chi connectivity index (χ1v) is 7.61. The van der Waals surface area contributed by atoms with Crippen LogP contribution >= 0.6 is 0 Å². The molecule has 112 valence electrons. The molecule has 1 fully saturated rings. The van der Waals surface area contributed by atoms with Crippen molar-refractivity contribution in [1.29, 1.82) is 0 Å². The summed E-state index contributed by atoms with van der Waals surface area (Å²) < 4.78 is 5.52. The molecule has 0 bridgehead atoms. The first kappa shape index (κ1) is 15.1. The van der Waals surface area contributed by atoms with Gasteiger partial charge in [0.25, 0.3) is 0 Å². The Kier molecular flexibility index (Phi) is 4.86. The predicted molar refractivity (Wildman–Crippen MR) is 79.9 cm³/mol. The number of likely N-dealkylation sites (tertiary alicyclic amines) is 1. The van der Waals surface area contributed by atoms with Crippen LogP contribution in [-0.2, 0) is 4.79 Å². The van der Waals surface area contributed by atoms with Crippen LogP contribution in [0.1, 0.15) is 49.7 Å². The summed E-state index contributed by atoms with van der Waals surface area (Å²) in [6.45, 7) is 11.2. The number of aryl methyl sites for hydroxylation is 2. The molecule has 1 amide bonds. The highest BCUT2D eigenvalue weighted by molar-refractivity contribution is 5.83. The normalized spacial score (nSPS) is 19.0. The summed E-state index contributed by atoms with van der Waals surface area (Å²) in [6, 6.07) is 2.29. The van der Waals surface area contributed by atoms with Gasteiger partial charge in [-0.1, -0.05) is 6.92 Å². The molecule has 1 aliphatic heterocycles. The lowest BCUT2D eigenvalue weighted by molar-refractivity contribution is -0.123.